The smallest absolute Gasteiger partial charge is 0.377 e. The van der Waals surface area contributed by atoms with Crippen LogP contribution in [0.5, 0.6) is 0 Å². The number of thiocarbonyl (C=S) groups is 1. The first kappa shape index (κ1) is 20.5. The first-order valence-corrected chi connectivity index (χ1v) is 8.31. The van der Waals surface area contributed by atoms with E-state index < -0.39 is 17.6 Å². The van der Waals surface area contributed by atoms with Crippen LogP contribution in [0, 0.1) is 0 Å². The highest BCUT2D eigenvalue weighted by molar-refractivity contribution is 7.80. The van der Waals surface area contributed by atoms with Crippen molar-refractivity contribution >= 4 is 34.6 Å². The van der Waals surface area contributed by atoms with Gasteiger partial charge in [0.15, 0.2) is 5.11 Å². The van der Waals surface area contributed by atoms with Crippen molar-refractivity contribution in [3.05, 3.63) is 59.2 Å². The predicted octanol–water partition coefficient (Wildman–Crippen LogP) is 3.36. The average Bonchev–Trinajstić information content (AvgIpc) is 2.59. The third-order valence-electron chi connectivity index (χ3n) is 3.73. The van der Waals surface area contributed by atoms with Crippen LogP contribution < -0.4 is 21.3 Å². The molecule has 4 N–H and O–H groups in total. The molecule has 0 aliphatic rings. The molecule has 9 heteroatoms. The average molecular weight is 396 g/mol. The molecular weight excluding hydrogens is 377 g/mol. The Morgan fingerprint density at radius 3 is 2.30 bits per heavy atom. The van der Waals surface area contributed by atoms with Crippen molar-refractivity contribution in [1.29, 1.82) is 0 Å². The van der Waals surface area contributed by atoms with Gasteiger partial charge in [0.25, 0.3) is 0 Å². The summed E-state index contributed by atoms with van der Waals surface area (Å²) < 4.78 is 39.7. The van der Waals surface area contributed by atoms with Gasteiger partial charge in [0.2, 0.25) is 5.91 Å². The quantitative estimate of drug-likeness (QED) is 0.676. The number of amides is 1. The molecule has 0 aromatic heterocycles. The zero-order valence-corrected chi connectivity index (χ0v) is 15.5. The van der Waals surface area contributed by atoms with Crippen LogP contribution in [-0.4, -0.2) is 25.1 Å². The topological polar surface area (TPSA) is 70.4 Å². The molecule has 0 aliphatic heterocycles. The fourth-order valence-electron chi connectivity index (χ4n) is 2.39. The highest BCUT2D eigenvalue weighted by Crippen LogP contribution is 2.36. The van der Waals surface area contributed by atoms with Gasteiger partial charge < -0.3 is 21.3 Å². The lowest BCUT2D eigenvalue weighted by atomic mass is 10.1. The molecule has 0 bridgehead atoms. The van der Waals surface area contributed by atoms with Crippen molar-refractivity contribution in [2.45, 2.75) is 12.7 Å². The lowest BCUT2D eigenvalue weighted by Crippen LogP contribution is -2.28. The summed E-state index contributed by atoms with van der Waals surface area (Å²) in [7, 11) is 3.12. The van der Waals surface area contributed by atoms with Gasteiger partial charge in [-0.3, -0.25) is 4.79 Å². The van der Waals surface area contributed by atoms with Gasteiger partial charge >= 0.3 is 6.18 Å². The molecule has 2 rings (SSSR count). The Bertz CT molecular complexity index is 835. The Balaban J connectivity index is 2.03. The van der Waals surface area contributed by atoms with E-state index in [9.17, 15) is 18.0 Å². The maximum Gasteiger partial charge on any atom is 0.418 e. The molecule has 2 aromatic carbocycles. The number of nitrogens with zero attached hydrogens (tertiary/aromatic N) is 1. The molecule has 0 saturated heterocycles. The number of hydrogen-bond donors (Lipinski definition) is 3. The van der Waals surface area contributed by atoms with Crippen molar-refractivity contribution in [2.24, 2.45) is 5.73 Å². The monoisotopic (exact) mass is 396 g/mol. The van der Waals surface area contributed by atoms with Crippen LogP contribution in [0.25, 0.3) is 0 Å². The molecule has 27 heavy (non-hydrogen) atoms. The maximum absolute atomic E-state index is 13.2. The van der Waals surface area contributed by atoms with E-state index in [1.54, 1.807) is 44.4 Å². The second-order valence-electron chi connectivity index (χ2n) is 5.99. The van der Waals surface area contributed by atoms with Crippen LogP contribution in [0.3, 0.4) is 0 Å². The minimum Gasteiger partial charge on any atom is -0.377 e. The number of carbonyl (C=O) groups excluding carboxylic acids is 1. The molecule has 0 saturated carbocycles. The second-order valence-corrected chi connectivity index (χ2v) is 6.40. The molecule has 0 heterocycles. The minimum absolute atomic E-state index is 0.0986. The number of nitrogens with two attached hydrogens (primary N) is 1. The molecule has 0 radical (unpaired) electrons. The maximum atomic E-state index is 13.2. The van der Waals surface area contributed by atoms with Crippen LogP contribution in [0.4, 0.5) is 24.5 Å². The van der Waals surface area contributed by atoms with Gasteiger partial charge in [-0.1, -0.05) is 6.07 Å². The highest BCUT2D eigenvalue weighted by Gasteiger charge is 2.34. The van der Waals surface area contributed by atoms with E-state index in [0.29, 0.717) is 16.8 Å². The van der Waals surface area contributed by atoms with Crippen molar-refractivity contribution < 1.29 is 18.0 Å². The summed E-state index contributed by atoms with van der Waals surface area (Å²) in [6.07, 6.45) is -4.45. The molecule has 2 aromatic rings. The Labute approximate surface area is 160 Å². The normalized spacial score (nSPS) is 11.0. The molecule has 1 amide bonds. The van der Waals surface area contributed by atoms with Gasteiger partial charge in [-0.25, -0.2) is 0 Å². The van der Waals surface area contributed by atoms with Crippen LogP contribution in [0.2, 0.25) is 0 Å². The number of anilines is 2. The van der Waals surface area contributed by atoms with Gasteiger partial charge in [0.05, 0.1) is 5.56 Å². The predicted molar refractivity (Wildman–Crippen MR) is 104 cm³/mol. The molecule has 144 valence electrons. The summed E-state index contributed by atoms with van der Waals surface area (Å²) in [6.45, 7) is 0.127. The summed E-state index contributed by atoms with van der Waals surface area (Å²) in [5, 5.41) is 5.99. The standard InChI is InChI=1S/C18H19F3N4OS/c1-25(2)15-8-3-11(9-14(15)18(19,20)21)10-23-17(27)24-13-6-4-12(5-7-13)16(22)26/h3-9H,10H2,1-2H3,(H2,22,26)(H2,23,24,27). The second kappa shape index (κ2) is 8.26. The zero-order chi connectivity index (χ0) is 20.2. The van der Waals surface area contributed by atoms with E-state index >= 15 is 0 Å². The first-order valence-electron chi connectivity index (χ1n) is 7.90. The fraction of sp³-hybridized carbons (Fsp3) is 0.222. The van der Waals surface area contributed by atoms with E-state index in [1.165, 1.54) is 11.0 Å². The lowest BCUT2D eigenvalue weighted by molar-refractivity contribution is -0.137. The largest absolute Gasteiger partial charge is 0.418 e. The van der Waals surface area contributed by atoms with E-state index in [2.05, 4.69) is 10.6 Å². The lowest BCUT2D eigenvalue weighted by Gasteiger charge is -2.20. The van der Waals surface area contributed by atoms with E-state index in [4.69, 9.17) is 18.0 Å². The van der Waals surface area contributed by atoms with E-state index in [0.717, 1.165) is 6.07 Å². The molecular formula is C18H19F3N4OS. The van der Waals surface area contributed by atoms with E-state index in [1.807, 2.05) is 0 Å². The van der Waals surface area contributed by atoms with Crippen molar-refractivity contribution in [1.82, 2.24) is 5.32 Å². The van der Waals surface area contributed by atoms with Crippen LogP contribution in [-0.2, 0) is 12.7 Å². The van der Waals surface area contributed by atoms with Gasteiger partial charge in [0.1, 0.15) is 0 Å². The molecule has 0 unspecified atom stereocenters. The van der Waals surface area contributed by atoms with E-state index in [-0.39, 0.29) is 17.3 Å². The highest BCUT2D eigenvalue weighted by atomic mass is 32.1. The molecule has 0 spiro atoms. The van der Waals surface area contributed by atoms with Gasteiger partial charge in [0, 0.05) is 37.6 Å². The number of alkyl halides is 3. The number of rotatable bonds is 5. The molecule has 0 aliphatic carbocycles. The van der Waals surface area contributed by atoms with Crippen molar-refractivity contribution in [3.8, 4) is 0 Å². The summed E-state index contributed by atoms with van der Waals surface area (Å²) in [4.78, 5) is 12.5. The SMILES string of the molecule is CN(C)c1ccc(CNC(=S)Nc2ccc(C(N)=O)cc2)cc1C(F)(F)F. The number of nitrogens with one attached hydrogen (secondary N) is 2. The van der Waals surface area contributed by atoms with Crippen molar-refractivity contribution in [3.63, 3.8) is 0 Å². The summed E-state index contributed by atoms with van der Waals surface area (Å²) in [5.41, 5.74) is 5.99. The number of hydrogen-bond acceptors (Lipinski definition) is 3. The van der Waals surface area contributed by atoms with Crippen LogP contribution >= 0.6 is 12.2 Å². The molecule has 5 nitrogen and oxygen atoms in total. The van der Waals surface area contributed by atoms with Gasteiger partial charge in [-0.05, 0) is 54.2 Å². The Kier molecular flexibility index (Phi) is 6.27. The van der Waals surface area contributed by atoms with Crippen molar-refractivity contribution in [2.75, 3.05) is 24.3 Å². The van der Waals surface area contributed by atoms with Gasteiger partial charge in [-0.2, -0.15) is 13.2 Å². The Morgan fingerprint density at radius 2 is 1.78 bits per heavy atom. The summed E-state index contributed by atoms with van der Waals surface area (Å²) in [6, 6.07) is 10.5. The Hall–Kier alpha value is -2.81. The summed E-state index contributed by atoms with van der Waals surface area (Å²) in [5.74, 6) is -0.538. The van der Waals surface area contributed by atoms with Gasteiger partial charge in [-0.15, -0.1) is 0 Å². The first-order chi connectivity index (χ1) is 12.6. The number of halogens is 3. The fourth-order valence-corrected chi connectivity index (χ4v) is 2.58. The third-order valence-corrected chi connectivity index (χ3v) is 3.97. The number of benzene rings is 2. The number of carbonyl (C=O) groups is 1. The van der Waals surface area contributed by atoms with Crippen LogP contribution in [0.15, 0.2) is 42.5 Å². The molecule has 0 atom stereocenters. The van der Waals surface area contributed by atoms with Crippen LogP contribution in [0.1, 0.15) is 21.5 Å². The summed E-state index contributed by atoms with van der Waals surface area (Å²) >= 11 is 5.15. The zero-order valence-electron chi connectivity index (χ0n) is 14.7. The number of primary amides is 1. The molecule has 0 fully saturated rings. The minimum atomic E-state index is -4.45. The Morgan fingerprint density at radius 1 is 1.15 bits per heavy atom. The third kappa shape index (κ3) is 5.58.